The Morgan fingerprint density at radius 2 is 1.65 bits per heavy atom. The van der Waals surface area contributed by atoms with E-state index in [1.165, 1.54) is 22.9 Å². The summed E-state index contributed by atoms with van der Waals surface area (Å²) in [4.78, 5) is 13.1. The molecule has 1 amide bonds. The van der Waals surface area contributed by atoms with Gasteiger partial charge in [0.25, 0.3) is 5.91 Å². The largest absolute Gasteiger partial charge is 0.489 e. The molecular formula is C26H26N2O2S. The molecule has 4 rings (SSSR count). The maximum atomic E-state index is 12.4. The predicted octanol–water partition coefficient (Wildman–Crippen LogP) is 5.74. The minimum absolute atomic E-state index is 0.0626. The monoisotopic (exact) mass is 430 g/mol. The van der Waals surface area contributed by atoms with E-state index in [1.807, 2.05) is 42.5 Å². The molecule has 5 heteroatoms. The molecule has 0 radical (unpaired) electrons. The van der Waals surface area contributed by atoms with Crippen molar-refractivity contribution < 1.29 is 9.53 Å². The average molecular weight is 431 g/mol. The number of amides is 1. The van der Waals surface area contributed by atoms with Gasteiger partial charge in [0, 0.05) is 5.69 Å². The first-order valence-corrected chi connectivity index (χ1v) is 11.3. The summed E-state index contributed by atoms with van der Waals surface area (Å²) in [7, 11) is 0. The van der Waals surface area contributed by atoms with Crippen LogP contribution in [0.5, 0.6) is 5.75 Å². The van der Waals surface area contributed by atoms with Crippen molar-refractivity contribution in [3.8, 4) is 5.75 Å². The Balaban J connectivity index is 1.34. The van der Waals surface area contributed by atoms with E-state index >= 15 is 0 Å². The highest BCUT2D eigenvalue weighted by atomic mass is 32.2. The lowest BCUT2D eigenvalue weighted by molar-refractivity contribution is -0.116. The molecule has 0 saturated carbocycles. The predicted molar refractivity (Wildman–Crippen MR) is 129 cm³/mol. The van der Waals surface area contributed by atoms with Crippen LogP contribution < -0.4 is 15.4 Å². The highest BCUT2D eigenvalue weighted by Gasteiger charge is 2.27. The molecule has 0 aromatic heterocycles. The fourth-order valence-corrected chi connectivity index (χ4v) is 4.20. The van der Waals surface area contributed by atoms with E-state index in [1.54, 1.807) is 0 Å². The SMILES string of the molecule is CCc1ccc(N[C@@H]2NC(=O)/C(=C/c3ccc(OCc4ccc(C)cc4)cc3)S2)cc1. The normalized spacial score (nSPS) is 16.9. The molecular weight excluding hydrogens is 404 g/mol. The first-order valence-electron chi connectivity index (χ1n) is 10.4. The maximum absolute atomic E-state index is 12.4. The summed E-state index contributed by atoms with van der Waals surface area (Å²) in [6.45, 7) is 4.74. The fraction of sp³-hybridized carbons (Fsp3) is 0.192. The molecule has 1 fully saturated rings. The van der Waals surface area contributed by atoms with Gasteiger partial charge in [-0.2, -0.15) is 0 Å². The second-order valence-corrected chi connectivity index (χ2v) is 8.66. The second-order valence-electron chi connectivity index (χ2n) is 7.52. The third-order valence-electron chi connectivity index (χ3n) is 5.09. The van der Waals surface area contributed by atoms with E-state index in [0.29, 0.717) is 11.5 Å². The highest BCUT2D eigenvalue weighted by Crippen LogP contribution is 2.30. The van der Waals surface area contributed by atoms with Crippen molar-refractivity contribution in [2.24, 2.45) is 0 Å². The van der Waals surface area contributed by atoms with Crippen LogP contribution in [0.25, 0.3) is 6.08 Å². The fourth-order valence-electron chi connectivity index (χ4n) is 3.22. The van der Waals surface area contributed by atoms with E-state index in [4.69, 9.17) is 4.74 Å². The number of hydrogen-bond donors (Lipinski definition) is 2. The van der Waals surface area contributed by atoms with Gasteiger partial charge in [-0.15, -0.1) is 0 Å². The minimum Gasteiger partial charge on any atom is -0.489 e. The van der Waals surface area contributed by atoms with Gasteiger partial charge >= 0.3 is 0 Å². The number of carbonyl (C=O) groups is 1. The maximum Gasteiger partial charge on any atom is 0.260 e. The summed E-state index contributed by atoms with van der Waals surface area (Å²) in [6.07, 6.45) is 2.92. The summed E-state index contributed by atoms with van der Waals surface area (Å²) >= 11 is 1.49. The van der Waals surface area contributed by atoms with Crippen LogP contribution >= 0.6 is 11.8 Å². The lowest BCUT2D eigenvalue weighted by Gasteiger charge is -2.12. The van der Waals surface area contributed by atoms with Crippen LogP contribution in [-0.2, 0) is 17.8 Å². The number of ether oxygens (including phenoxy) is 1. The number of aryl methyl sites for hydroxylation is 2. The molecule has 4 nitrogen and oxygen atoms in total. The highest BCUT2D eigenvalue weighted by molar-refractivity contribution is 8.05. The third-order valence-corrected chi connectivity index (χ3v) is 6.12. The van der Waals surface area contributed by atoms with E-state index in [2.05, 4.69) is 60.9 Å². The zero-order chi connectivity index (χ0) is 21.6. The van der Waals surface area contributed by atoms with Gasteiger partial charge < -0.3 is 15.4 Å². The summed E-state index contributed by atoms with van der Waals surface area (Å²) < 4.78 is 5.86. The number of hydrogen-bond acceptors (Lipinski definition) is 4. The van der Waals surface area contributed by atoms with Crippen LogP contribution in [0.1, 0.15) is 29.2 Å². The number of rotatable bonds is 7. The Labute approximate surface area is 187 Å². The number of nitrogens with one attached hydrogen (secondary N) is 2. The van der Waals surface area contributed by atoms with Gasteiger partial charge in [0.15, 0.2) is 5.50 Å². The summed E-state index contributed by atoms with van der Waals surface area (Å²) in [5.74, 6) is 0.744. The molecule has 1 saturated heterocycles. The molecule has 0 spiro atoms. The molecule has 3 aromatic carbocycles. The van der Waals surface area contributed by atoms with E-state index < -0.39 is 0 Å². The molecule has 1 atom stereocenters. The van der Waals surface area contributed by atoms with Crippen LogP contribution in [-0.4, -0.2) is 11.4 Å². The van der Waals surface area contributed by atoms with Gasteiger partial charge in [0.2, 0.25) is 0 Å². The molecule has 1 aliphatic rings. The number of thioether (sulfide) groups is 1. The van der Waals surface area contributed by atoms with Gasteiger partial charge in [0.1, 0.15) is 12.4 Å². The number of carbonyl (C=O) groups excluding carboxylic acids is 1. The smallest absolute Gasteiger partial charge is 0.260 e. The first kappa shape index (κ1) is 21.1. The van der Waals surface area contributed by atoms with Gasteiger partial charge in [-0.3, -0.25) is 4.79 Å². The molecule has 3 aromatic rings. The van der Waals surface area contributed by atoms with Crippen LogP contribution in [0.2, 0.25) is 0 Å². The third kappa shape index (κ3) is 5.70. The topological polar surface area (TPSA) is 50.4 Å². The molecule has 0 unspecified atom stereocenters. The zero-order valence-corrected chi connectivity index (χ0v) is 18.5. The quantitative estimate of drug-likeness (QED) is 0.470. The Kier molecular flexibility index (Phi) is 6.63. The zero-order valence-electron chi connectivity index (χ0n) is 17.7. The Morgan fingerprint density at radius 3 is 2.32 bits per heavy atom. The summed E-state index contributed by atoms with van der Waals surface area (Å²) in [5.41, 5.74) is 5.45. The summed E-state index contributed by atoms with van der Waals surface area (Å²) in [5, 5.41) is 6.33. The van der Waals surface area contributed by atoms with Crippen LogP contribution in [0.15, 0.2) is 77.7 Å². The van der Waals surface area contributed by atoms with E-state index in [9.17, 15) is 4.79 Å². The van der Waals surface area contributed by atoms with Gasteiger partial charge in [0.05, 0.1) is 4.91 Å². The standard InChI is InChI=1S/C26H26N2O2S/c1-3-19-8-12-22(13-9-19)27-26-28-25(29)24(31-26)16-20-10-14-23(15-11-20)30-17-21-6-4-18(2)5-7-21/h4-16,26-27H,3,17H2,1-2H3,(H,28,29)/b24-16-/t26-/m1/s1. The Hall–Kier alpha value is -3.18. The van der Waals surface area contributed by atoms with Gasteiger partial charge in [-0.1, -0.05) is 72.8 Å². The molecule has 158 valence electrons. The van der Waals surface area contributed by atoms with E-state index in [-0.39, 0.29) is 11.4 Å². The lowest BCUT2D eigenvalue weighted by Crippen LogP contribution is -2.30. The van der Waals surface area contributed by atoms with Crippen LogP contribution in [0.3, 0.4) is 0 Å². The molecule has 1 aliphatic heterocycles. The second kappa shape index (κ2) is 9.75. The van der Waals surface area contributed by atoms with Crippen molar-refractivity contribution in [3.63, 3.8) is 0 Å². The van der Waals surface area contributed by atoms with Crippen LogP contribution in [0, 0.1) is 6.92 Å². The van der Waals surface area contributed by atoms with Crippen molar-refractivity contribution in [2.45, 2.75) is 32.4 Å². The Morgan fingerprint density at radius 1 is 0.968 bits per heavy atom. The van der Waals surface area contributed by atoms with Crippen molar-refractivity contribution in [2.75, 3.05) is 5.32 Å². The molecule has 2 N–H and O–H groups in total. The molecule has 31 heavy (non-hydrogen) atoms. The first-order chi connectivity index (χ1) is 15.1. The van der Waals surface area contributed by atoms with Crippen molar-refractivity contribution in [1.29, 1.82) is 0 Å². The van der Waals surface area contributed by atoms with Gasteiger partial charge in [-0.05, 0) is 60.4 Å². The average Bonchev–Trinajstić information content (AvgIpc) is 3.13. The summed E-state index contributed by atoms with van der Waals surface area (Å²) in [6, 6.07) is 24.4. The molecule has 1 heterocycles. The minimum atomic E-state index is -0.177. The number of benzene rings is 3. The molecule has 0 bridgehead atoms. The number of anilines is 1. The molecule has 0 aliphatic carbocycles. The van der Waals surface area contributed by atoms with Crippen molar-refractivity contribution in [1.82, 2.24) is 5.32 Å². The van der Waals surface area contributed by atoms with Crippen molar-refractivity contribution in [3.05, 3.63) is 100.0 Å². The Bertz CT molecular complexity index is 1060. The van der Waals surface area contributed by atoms with Gasteiger partial charge in [-0.25, -0.2) is 0 Å². The van der Waals surface area contributed by atoms with E-state index in [0.717, 1.165) is 29.0 Å². The van der Waals surface area contributed by atoms with Crippen LogP contribution in [0.4, 0.5) is 5.69 Å². The lowest BCUT2D eigenvalue weighted by atomic mass is 10.1. The van der Waals surface area contributed by atoms with Crippen molar-refractivity contribution >= 4 is 29.4 Å².